The van der Waals surface area contributed by atoms with E-state index in [1.165, 1.54) is 6.33 Å². The molecule has 6 heteroatoms. The van der Waals surface area contributed by atoms with E-state index < -0.39 is 0 Å². The Hall–Kier alpha value is -1.03. The minimum Gasteiger partial charge on any atom is -0.339 e. The number of halogens is 3. The molecule has 1 heterocycles. The molecule has 0 saturated heterocycles. The molecule has 1 aromatic carbocycles. The summed E-state index contributed by atoms with van der Waals surface area (Å²) in [6, 6.07) is 5.15. The van der Waals surface area contributed by atoms with Crippen LogP contribution in [0.15, 0.2) is 24.5 Å². The molecule has 0 radical (unpaired) electrons. The molecule has 1 aromatic heterocycles. The molecule has 0 bridgehead atoms. The number of nitrogens with one attached hydrogen (secondary N) is 1. The largest absolute Gasteiger partial charge is 0.339 e. The number of hydrogen-bond donors (Lipinski definition) is 1. The van der Waals surface area contributed by atoms with E-state index in [9.17, 15) is 0 Å². The monoisotopic (exact) mass is 287 g/mol. The van der Waals surface area contributed by atoms with Gasteiger partial charge in [0.05, 0.1) is 10.7 Å². The van der Waals surface area contributed by atoms with Gasteiger partial charge in [-0.1, -0.05) is 34.8 Å². The minimum absolute atomic E-state index is 0.403. The average Bonchev–Trinajstić information content (AvgIpc) is 2.30. The Kier molecular flexibility index (Phi) is 3.72. The zero-order valence-electron chi connectivity index (χ0n) is 8.84. The molecule has 0 unspecified atom stereocenters. The Balaban J connectivity index is 2.38. The summed E-state index contributed by atoms with van der Waals surface area (Å²) in [4.78, 5) is 7.97. The summed E-state index contributed by atoms with van der Waals surface area (Å²) in [5.41, 5.74) is 1.43. The van der Waals surface area contributed by atoms with Crippen LogP contribution in [0.1, 0.15) is 5.56 Å². The third kappa shape index (κ3) is 2.80. The lowest BCUT2D eigenvalue weighted by Crippen LogP contribution is -1.98. The van der Waals surface area contributed by atoms with E-state index >= 15 is 0 Å². The summed E-state index contributed by atoms with van der Waals surface area (Å²) in [7, 11) is 0. The maximum absolute atomic E-state index is 6.04. The van der Waals surface area contributed by atoms with Crippen molar-refractivity contribution in [1.82, 2.24) is 9.97 Å². The first-order chi connectivity index (χ1) is 8.08. The van der Waals surface area contributed by atoms with E-state index in [0.29, 0.717) is 26.7 Å². The molecular weight excluding hydrogens is 281 g/mol. The van der Waals surface area contributed by atoms with Gasteiger partial charge in [0.15, 0.2) is 0 Å². The molecule has 3 nitrogen and oxygen atoms in total. The molecule has 0 fully saturated rings. The topological polar surface area (TPSA) is 37.8 Å². The van der Waals surface area contributed by atoms with Crippen LogP contribution >= 0.6 is 34.8 Å². The van der Waals surface area contributed by atoms with Gasteiger partial charge in [-0.25, -0.2) is 9.97 Å². The van der Waals surface area contributed by atoms with Gasteiger partial charge in [-0.15, -0.1) is 0 Å². The fourth-order valence-corrected chi connectivity index (χ4v) is 1.75. The fraction of sp³-hybridized carbons (Fsp3) is 0.0909. The zero-order chi connectivity index (χ0) is 12.4. The molecular formula is C11H8Cl3N3. The summed E-state index contributed by atoms with van der Waals surface area (Å²) in [6.07, 6.45) is 1.39. The molecule has 0 spiro atoms. The number of anilines is 2. The van der Waals surface area contributed by atoms with Crippen molar-refractivity contribution < 1.29 is 0 Å². The van der Waals surface area contributed by atoms with Crippen molar-refractivity contribution in [3.8, 4) is 0 Å². The highest BCUT2D eigenvalue weighted by Crippen LogP contribution is 2.29. The third-order valence-corrected chi connectivity index (χ3v) is 3.15. The molecule has 2 rings (SSSR count). The Morgan fingerprint density at radius 2 is 1.88 bits per heavy atom. The molecule has 0 atom stereocenters. The van der Waals surface area contributed by atoms with Crippen LogP contribution in [0.3, 0.4) is 0 Å². The predicted octanol–water partition coefficient (Wildman–Crippen LogP) is 4.49. The van der Waals surface area contributed by atoms with Crippen LogP contribution < -0.4 is 5.32 Å². The molecule has 2 aromatic rings. The first-order valence-corrected chi connectivity index (χ1v) is 5.90. The molecule has 88 valence electrons. The highest BCUT2D eigenvalue weighted by molar-refractivity contribution is 6.35. The Morgan fingerprint density at radius 3 is 2.65 bits per heavy atom. The SMILES string of the molecule is Cc1c(Cl)ncnc1Nc1cc(Cl)ccc1Cl. The summed E-state index contributed by atoms with van der Waals surface area (Å²) < 4.78 is 0. The molecule has 0 amide bonds. The highest BCUT2D eigenvalue weighted by Gasteiger charge is 2.07. The van der Waals surface area contributed by atoms with Crippen LogP contribution in [0.4, 0.5) is 11.5 Å². The van der Waals surface area contributed by atoms with Crippen LogP contribution in [-0.4, -0.2) is 9.97 Å². The van der Waals surface area contributed by atoms with Crippen molar-refractivity contribution in [2.24, 2.45) is 0 Å². The van der Waals surface area contributed by atoms with Gasteiger partial charge in [0.2, 0.25) is 0 Å². The van der Waals surface area contributed by atoms with Gasteiger partial charge >= 0.3 is 0 Å². The van der Waals surface area contributed by atoms with Crippen LogP contribution in [0.2, 0.25) is 15.2 Å². The van der Waals surface area contributed by atoms with E-state index in [-0.39, 0.29) is 0 Å². The smallest absolute Gasteiger partial charge is 0.138 e. The van der Waals surface area contributed by atoms with Gasteiger partial charge in [-0.2, -0.15) is 0 Å². The summed E-state index contributed by atoms with van der Waals surface area (Å²) in [6.45, 7) is 1.82. The van der Waals surface area contributed by atoms with E-state index in [1.807, 2.05) is 6.92 Å². The van der Waals surface area contributed by atoms with Gasteiger partial charge in [0.25, 0.3) is 0 Å². The molecule has 17 heavy (non-hydrogen) atoms. The maximum Gasteiger partial charge on any atom is 0.138 e. The molecule has 1 N–H and O–H groups in total. The highest BCUT2D eigenvalue weighted by atomic mass is 35.5. The average molecular weight is 289 g/mol. The lowest BCUT2D eigenvalue weighted by atomic mass is 10.3. The first kappa shape index (κ1) is 12.4. The van der Waals surface area contributed by atoms with Gasteiger partial charge in [0.1, 0.15) is 17.3 Å². The van der Waals surface area contributed by atoms with Gasteiger partial charge in [-0.05, 0) is 25.1 Å². The number of aromatic nitrogens is 2. The van der Waals surface area contributed by atoms with Gasteiger partial charge in [0, 0.05) is 10.6 Å². The predicted molar refractivity (Wildman–Crippen MR) is 71.5 cm³/mol. The van der Waals surface area contributed by atoms with Gasteiger partial charge < -0.3 is 5.32 Å². The zero-order valence-corrected chi connectivity index (χ0v) is 11.1. The van der Waals surface area contributed by atoms with E-state index in [2.05, 4.69) is 15.3 Å². The van der Waals surface area contributed by atoms with Crippen molar-refractivity contribution in [2.75, 3.05) is 5.32 Å². The summed E-state index contributed by atoms with van der Waals surface area (Å²) in [5, 5.41) is 4.62. The normalized spacial score (nSPS) is 10.4. The van der Waals surface area contributed by atoms with Crippen molar-refractivity contribution in [3.05, 3.63) is 45.3 Å². The Bertz CT molecular complexity index is 558. The number of hydrogen-bond acceptors (Lipinski definition) is 3. The van der Waals surface area contributed by atoms with Crippen molar-refractivity contribution in [3.63, 3.8) is 0 Å². The lowest BCUT2D eigenvalue weighted by Gasteiger charge is -2.10. The van der Waals surface area contributed by atoms with E-state index in [1.54, 1.807) is 18.2 Å². The van der Waals surface area contributed by atoms with Crippen LogP contribution in [-0.2, 0) is 0 Å². The molecule has 0 aliphatic rings. The third-order valence-electron chi connectivity index (χ3n) is 2.20. The van der Waals surface area contributed by atoms with Crippen molar-refractivity contribution in [1.29, 1.82) is 0 Å². The second kappa shape index (κ2) is 5.08. The van der Waals surface area contributed by atoms with Crippen LogP contribution in [0.5, 0.6) is 0 Å². The number of nitrogens with zero attached hydrogens (tertiary/aromatic N) is 2. The van der Waals surface area contributed by atoms with E-state index in [4.69, 9.17) is 34.8 Å². The quantitative estimate of drug-likeness (QED) is 0.827. The van der Waals surface area contributed by atoms with E-state index in [0.717, 1.165) is 5.56 Å². The molecule has 0 aliphatic heterocycles. The van der Waals surface area contributed by atoms with Crippen LogP contribution in [0, 0.1) is 6.92 Å². The van der Waals surface area contributed by atoms with Crippen molar-refractivity contribution >= 4 is 46.3 Å². The first-order valence-electron chi connectivity index (χ1n) is 4.77. The Labute approximate surface area is 114 Å². The Morgan fingerprint density at radius 1 is 1.12 bits per heavy atom. The summed E-state index contributed by atoms with van der Waals surface area (Å²) >= 11 is 17.8. The molecule has 0 aliphatic carbocycles. The second-order valence-electron chi connectivity index (χ2n) is 3.39. The standard InChI is InChI=1S/C11H8Cl3N3/c1-6-10(14)15-5-16-11(6)17-9-4-7(12)2-3-8(9)13/h2-5H,1H3,(H,15,16,17). The number of rotatable bonds is 2. The fourth-order valence-electron chi connectivity index (χ4n) is 1.28. The van der Waals surface area contributed by atoms with Gasteiger partial charge in [-0.3, -0.25) is 0 Å². The number of benzene rings is 1. The maximum atomic E-state index is 6.04. The summed E-state index contributed by atoms with van der Waals surface area (Å²) in [5.74, 6) is 0.606. The second-order valence-corrected chi connectivity index (χ2v) is 4.59. The lowest BCUT2D eigenvalue weighted by molar-refractivity contribution is 1.13. The molecule has 0 saturated carbocycles. The van der Waals surface area contributed by atoms with Crippen LogP contribution in [0.25, 0.3) is 0 Å². The minimum atomic E-state index is 0.403. The van der Waals surface area contributed by atoms with Crippen molar-refractivity contribution in [2.45, 2.75) is 6.92 Å².